The first kappa shape index (κ1) is 17.6. The first-order valence-corrected chi connectivity index (χ1v) is 9.91. The van der Waals surface area contributed by atoms with Crippen molar-refractivity contribution >= 4 is 0 Å². The van der Waals surface area contributed by atoms with Crippen LogP contribution in [0.2, 0.25) is 0 Å². The van der Waals surface area contributed by atoms with Gasteiger partial charge < -0.3 is 10.2 Å². The van der Waals surface area contributed by atoms with Gasteiger partial charge in [0.15, 0.2) is 0 Å². The minimum absolute atomic E-state index is 0.0135. The highest BCUT2D eigenvalue weighted by atomic mass is 16.3. The summed E-state index contributed by atoms with van der Waals surface area (Å²) in [4.78, 5) is 2.61. The van der Waals surface area contributed by atoms with Crippen molar-refractivity contribution in [3.05, 3.63) is 65.7 Å². The average molecular weight is 351 g/mol. The molecule has 2 aromatic rings. The third-order valence-electron chi connectivity index (χ3n) is 6.76. The number of aromatic hydroxyl groups is 1. The van der Waals surface area contributed by atoms with Crippen LogP contribution in [0.3, 0.4) is 0 Å². The van der Waals surface area contributed by atoms with E-state index in [1.807, 2.05) is 12.1 Å². The molecule has 1 saturated carbocycles. The van der Waals surface area contributed by atoms with Gasteiger partial charge in [-0.15, -0.1) is 0 Å². The molecule has 4 rings (SSSR count). The molecule has 3 nitrogen and oxygen atoms in total. The van der Waals surface area contributed by atoms with E-state index in [1.165, 1.54) is 24.0 Å². The fourth-order valence-electron chi connectivity index (χ4n) is 5.45. The molecule has 1 aliphatic heterocycles. The van der Waals surface area contributed by atoms with Gasteiger partial charge in [0, 0.05) is 30.5 Å². The van der Waals surface area contributed by atoms with E-state index in [4.69, 9.17) is 0 Å². The van der Waals surface area contributed by atoms with Crippen LogP contribution in [0.1, 0.15) is 36.8 Å². The van der Waals surface area contributed by atoms with Crippen LogP contribution in [0.25, 0.3) is 0 Å². The molecular formula is C23H29NO2. The normalized spacial score (nSPS) is 28.8. The molecule has 2 aromatic carbocycles. The van der Waals surface area contributed by atoms with Crippen molar-refractivity contribution in [2.75, 3.05) is 19.7 Å². The van der Waals surface area contributed by atoms with Gasteiger partial charge in [-0.2, -0.15) is 0 Å². The predicted octanol–water partition coefficient (Wildman–Crippen LogP) is 3.74. The predicted molar refractivity (Wildman–Crippen MR) is 104 cm³/mol. The summed E-state index contributed by atoms with van der Waals surface area (Å²) in [6, 6.07) is 18.9. The Morgan fingerprint density at radius 2 is 1.88 bits per heavy atom. The van der Waals surface area contributed by atoms with Crippen molar-refractivity contribution in [2.24, 2.45) is 5.92 Å². The molecule has 0 aromatic heterocycles. The summed E-state index contributed by atoms with van der Waals surface area (Å²) in [7, 11) is 0. The van der Waals surface area contributed by atoms with Gasteiger partial charge >= 0.3 is 0 Å². The second kappa shape index (κ2) is 7.42. The molecular weight excluding hydrogens is 322 g/mol. The van der Waals surface area contributed by atoms with E-state index in [0.29, 0.717) is 11.8 Å². The van der Waals surface area contributed by atoms with E-state index in [9.17, 15) is 10.2 Å². The Labute approximate surface area is 156 Å². The van der Waals surface area contributed by atoms with Crippen LogP contribution in [-0.4, -0.2) is 40.9 Å². The number of piperidine rings is 1. The summed E-state index contributed by atoms with van der Waals surface area (Å²) in [5, 5.41) is 20.3. The van der Waals surface area contributed by atoms with Gasteiger partial charge in [-0.25, -0.2) is 0 Å². The molecule has 138 valence electrons. The Hall–Kier alpha value is -1.84. The highest BCUT2D eigenvalue weighted by Gasteiger charge is 2.51. The van der Waals surface area contributed by atoms with Gasteiger partial charge in [-0.05, 0) is 55.5 Å². The number of benzene rings is 2. The Bertz CT molecular complexity index is 732. The van der Waals surface area contributed by atoms with E-state index in [-0.39, 0.29) is 17.9 Å². The molecule has 2 fully saturated rings. The molecule has 2 bridgehead atoms. The maximum absolute atomic E-state index is 10.3. The zero-order valence-corrected chi connectivity index (χ0v) is 15.3. The summed E-state index contributed by atoms with van der Waals surface area (Å²) >= 11 is 0. The van der Waals surface area contributed by atoms with Crippen LogP contribution in [0.5, 0.6) is 5.75 Å². The van der Waals surface area contributed by atoms with Crippen molar-refractivity contribution in [2.45, 2.75) is 43.6 Å². The summed E-state index contributed by atoms with van der Waals surface area (Å²) < 4.78 is 0. The third kappa shape index (κ3) is 3.15. The highest BCUT2D eigenvalue weighted by molar-refractivity contribution is 5.35. The topological polar surface area (TPSA) is 43.7 Å². The van der Waals surface area contributed by atoms with Gasteiger partial charge in [-0.1, -0.05) is 48.9 Å². The number of fused-ring (bicyclic) bond motifs is 2. The van der Waals surface area contributed by atoms with Crippen molar-refractivity contribution < 1.29 is 10.2 Å². The zero-order chi connectivity index (χ0) is 18.0. The molecule has 1 aliphatic carbocycles. The Balaban J connectivity index is 1.56. The Kier molecular flexibility index (Phi) is 5.01. The second-order valence-electron chi connectivity index (χ2n) is 7.98. The van der Waals surface area contributed by atoms with Crippen LogP contribution in [0.15, 0.2) is 54.6 Å². The lowest BCUT2D eigenvalue weighted by Crippen LogP contribution is -2.60. The number of nitrogens with zero attached hydrogens (tertiary/aromatic N) is 1. The molecule has 0 unspecified atom stereocenters. The van der Waals surface area contributed by atoms with Crippen LogP contribution in [-0.2, 0) is 11.8 Å². The highest BCUT2D eigenvalue weighted by Crippen LogP contribution is 2.51. The Morgan fingerprint density at radius 1 is 1.04 bits per heavy atom. The quantitative estimate of drug-likeness (QED) is 0.862. The summed E-state index contributed by atoms with van der Waals surface area (Å²) in [5.41, 5.74) is 2.61. The number of hydrogen-bond acceptors (Lipinski definition) is 3. The fourth-order valence-corrected chi connectivity index (χ4v) is 5.45. The van der Waals surface area contributed by atoms with Crippen LogP contribution < -0.4 is 0 Å². The first-order valence-electron chi connectivity index (χ1n) is 9.91. The molecule has 2 N–H and O–H groups in total. The molecule has 0 spiro atoms. The number of phenols is 1. The molecule has 1 heterocycles. The van der Waals surface area contributed by atoms with Crippen LogP contribution in [0, 0.1) is 5.92 Å². The van der Waals surface area contributed by atoms with E-state index in [0.717, 1.165) is 32.4 Å². The van der Waals surface area contributed by atoms with Gasteiger partial charge in [0.05, 0.1) is 0 Å². The molecule has 0 amide bonds. The summed E-state index contributed by atoms with van der Waals surface area (Å²) in [6.07, 6.45) is 5.60. The standard InChI is InChI=1S/C23H29NO2/c25-17-21-22-10-5-12-23(21,19-8-4-9-20(26)16-19)13-15-24(22)14-11-18-6-2-1-3-7-18/h1-4,6-9,16,21-22,25-26H,5,10-15,17H2/t21-,22-,23+/m0/s1. The van der Waals surface area contributed by atoms with E-state index >= 15 is 0 Å². The average Bonchev–Trinajstić information content (AvgIpc) is 2.67. The van der Waals surface area contributed by atoms with Gasteiger partial charge in [0.1, 0.15) is 5.75 Å². The molecule has 1 saturated heterocycles. The third-order valence-corrected chi connectivity index (χ3v) is 6.76. The maximum atomic E-state index is 10.3. The van der Waals surface area contributed by atoms with Gasteiger partial charge in [-0.3, -0.25) is 4.90 Å². The second-order valence-corrected chi connectivity index (χ2v) is 7.98. The number of phenolic OH excluding ortho intramolecular Hbond substituents is 1. The van der Waals surface area contributed by atoms with Crippen molar-refractivity contribution in [3.8, 4) is 5.75 Å². The van der Waals surface area contributed by atoms with E-state index < -0.39 is 0 Å². The van der Waals surface area contributed by atoms with E-state index in [1.54, 1.807) is 6.07 Å². The lowest BCUT2D eigenvalue weighted by atomic mass is 9.57. The van der Waals surface area contributed by atoms with E-state index in [2.05, 4.69) is 41.3 Å². The molecule has 3 heteroatoms. The number of aliphatic hydroxyl groups excluding tert-OH is 1. The molecule has 0 radical (unpaired) electrons. The smallest absolute Gasteiger partial charge is 0.115 e. The number of aliphatic hydroxyl groups is 1. The molecule has 26 heavy (non-hydrogen) atoms. The van der Waals surface area contributed by atoms with Crippen molar-refractivity contribution in [3.63, 3.8) is 0 Å². The number of rotatable bonds is 5. The lowest BCUT2D eigenvalue weighted by Gasteiger charge is -2.56. The lowest BCUT2D eigenvalue weighted by molar-refractivity contribution is -0.0368. The summed E-state index contributed by atoms with van der Waals surface area (Å²) in [6.45, 7) is 2.35. The minimum Gasteiger partial charge on any atom is -0.508 e. The number of hydrogen-bond donors (Lipinski definition) is 2. The molecule has 3 atom stereocenters. The minimum atomic E-state index is 0.0135. The van der Waals surface area contributed by atoms with Crippen molar-refractivity contribution in [1.82, 2.24) is 4.90 Å². The largest absolute Gasteiger partial charge is 0.508 e. The van der Waals surface area contributed by atoms with Gasteiger partial charge in [0.2, 0.25) is 0 Å². The van der Waals surface area contributed by atoms with Crippen molar-refractivity contribution in [1.29, 1.82) is 0 Å². The maximum Gasteiger partial charge on any atom is 0.115 e. The van der Waals surface area contributed by atoms with Gasteiger partial charge in [0.25, 0.3) is 0 Å². The SMILES string of the molecule is OC[C@H]1[C@@H]2CCC[C@]1(c1cccc(O)c1)CCN2CCc1ccccc1. The van der Waals surface area contributed by atoms with Crippen LogP contribution >= 0.6 is 0 Å². The first-order chi connectivity index (χ1) is 12.7. The zero-order valence-electron chi connectivity index (χ0n) is 15.3. The Morgan fingerprint density at radius 3 is 2.65 bits per heavy atom. The molecule has 2 aliphatic rings. The number of likely N-dealkylation sites (tertiary alicyclic amines) is 1. The summed E-state index contributed by atoms with van der Waals surface area (Å²) in [5.74, 6) is 0.588. The monoisotopic (exact) mass is 351 g/mol. The fraction of sp³-hybridized carbons (Fsp3) is 0.478. The van der Waals surface area contributed by atoms with Crippen LogP contribution in [0.4, 0.5) is 0 Å².